The zero-order valence-corrected chi connectivity index (χ0v) is 8.39. The van der Waals surface area contributed by atoms with E-state index in [9.17, 15) is 0 Å². The summed E-state index contributed by atoms with van der Waals surface area (Å²) < 4.78 is 0. The summed E-state index contributed by atoms with van der Waals surface area (Å²) in [5, 5.41) is 0. The van der Waals surface area contributed by atoms with E-state index in [4.69, 9.17) is 0 Å². The lowest BCUT2D eigenvalue weighted by molar-refractivity contribution is 0.211. The lowest BCUT2D eigenvalue weighted by atomic mass is 9.76. The van der Waals surface area contributed by atoms with Gasteiger partial charge in [-0.2, -0.15) is 0 Å². The number of hydrogen-bond donors (Lipinski definition) is 0. The van der Waals surface area contributed by atoms with E-state index in [-0.39, 0.29) is 0 Å². The van der Waals surface area contributed by atoms with Crippen molar-refractivity contribution in [3.8, 4) is 0 Å². The molecule has 2 rings (SSSR count). The highest BCUT2D eigenvalue weighted by molar-refractivity contribution is 4.82. The van der Waals surface area contributed by atoms with Crippen LogP contribution in [0.15, 0.2) is 0 Å². The summed E-state index contributed by atoms with van der Waals surface area (Å²) in [5.41, 5.74) is 0. The van der Waals surface area contributed by atoms with Crippen molar-refractivity contribution < 1.29 is 0 Å². The maximum atomic E-state index is 2.48. The third kappa shape index (κ3) is 1.67. The predicted molar refractivity (Wildman–Crippen MR) is 53.1 cm³/mol. The van der Waals surface area contributed by atoms with E-state index >= 15 is 0 Å². The monoisotopic (exact) mass is 166 g/mol. The fraction of sp³-hybridized carbons (Fsp3) is 1.00. The van der Waals surface area contributed by atoms with Crippen LogP contribution in [0, 0.1) is 17.8 Å². The Morgan fingerprint density at radius 2 is 1.50 bits per heavy atom. The highest BCUT2D eigenvalue weighted by Crippen LogP contribution is 2.42. The lowest BCUT2D eigenvalue weighted by Gasteiger charge is -2.30. The van der Waals surface area contributed by atoms with Crippen molar-refractivity contribution in [3.63, 3.8) is 0 Å². The summed E-state index contributed by atoms with van der Waals surface area (Å²) in [5.74, 6) is 3.29. The van der Waals surface area contributed by atoms with Gasteiger partial charge in [0, 0.05) is 0 Å². The van der Waals surface area contributed by atoms with Crippen molar-refractivity contribution >= 4 is 0 Å². The van der Waals surface area contributed by atoms with E-state index < -0.39 is 0 Å². The highest BCUT2D eigenvalue weighted by Gasteiger charge is 2.31. The molecule has 2 atom stereocenters. The second-order valence-electron chi connectivity index (χ2n) is 4.97. The lowest BCUT2D eigenvalue weighted by Crippen LogP contribution is -2.19. The molecule has 0 radical (unpaired) electrons. The van der Waals surface area contributed by atoms with Gasteiger partial charge in [-0.3, -0.25) is 0 Å². The van der Waals surface area contributed by atoms with Crippen LogP contribution in [0.5, 0.6) is 0 Å². The molecule has 0 heteroatoms. The van der Waals surface area contributed by atoms with Gasteiger partial charge in [-0.05, 0) is 24.2 Å². The minimum atomic E-state index is 1.05. The molecule has 0 N–H and O–H groups in total. The van der Waals surface area contributed by atoms with Gasteiger partial charge in [0.15, 0.2) is 0 Å². The summed E-state index contributed by atoms with van der Waals surface area (Å²) >= 11 is 0. The number of rotatable bonds is 1. The molecule has 0 bridgehead atoms. The summed E-state index contributed by atoms with van der Waals surface area (Å²) in [6.45, 7) is 2.48. The fourth-order valence-electron chi connectivity index (χ4n) is 3.44. The molecular weight excluding hydrogens is 144 g/mol. The third-order valence-corrected chi connectivity index (χ3v) is 4.18. The van der Waals surface area contributed by atoms with Crippen LogP contribution in [0.3, 0.4) is 0 Å². The van der Waals surface area contributed by atoms with Gasteiger partial charge in [0.25, 0.3) is 0 Å². The predicted octanol–water partition coefficient (Wildman–Crippen LogP) is 4.00. The summed E-state index contributed by atoms with van der Waals surface area (Å²) in [7, 11) is 0. The van der Waals surface area contributed by atoms with Crippen LogP contribution < -0.4 is 0 Å². The highest BCUT2D eigenvalue weighted by atomic mass is 14.4. The summed E-state index contributed by atoms with van der Waals surface area (Å²) in [6.07, 6.45) is 12.2. The summed E-state index contributed by atoms with van der Waals surface area (Å²) in [6, 6.07) is 0. The standard InChI is InChI=1S/C12H22/c1-10-6-5-9-12(10)11-7-3-2-4-8-11/h10-12H,2-9H2,1H3/t10-,12-/m1/s1. The first kappa shape index (κ1) is 8.59. The maximum Gasteiger partial charge on any atom is -0.0360 e. The molecule has 0 aromatic heterocycles. The molecule has 70 valence electrons. The molecule has 0 aromatic rings. The van der Waals surface area contributed by atoms with Crippen molar-refractivity contribution in [1.29, 1.82) is 0 Å². The Hall–Kier alpha value is 0. The zero-order valence-electron chi connectivity index (χ0n) is 8.39. The Morgan fingerprint density at radius 1 is 0.750 bits per heavy atom. The largest absolute Gasteiger partial charge is 0.0622 e. The third-order valence-electron chi connectivity index (χ3n) is 4.18. The quantitative estimate of drug-likeness (QED) is 0.552. The van der Waals surface area contributed by atoms with Gasteiger partial charge in [0.1, 0.15) is 0 Å². The topological polar surface area (TPSA) is 0 Å². The van der Waals surface area contributed by atoms with E-state index in [0.717, 1.165) is 17.8 Å². The SMILES string of the molecule is C[C@@H]1CCC[C@H]1C1CCCCC1. The second kappa shape index (κ2) is 3.81. The number of hydrogen-bond acceptors (Lipinski definition) is 0. The van der Waals surface area contributed by atoms with Gasteiger partial charge in [0.05, 0.1) is 0 Å². The first-order valence-electron chi connectivity index (χ1n) is 5.88. The van der Waals surface area contributed by atoms with Gasteiger partial charge in [0.2, 0.25) is 0 Å². The van der Waals surface area contributed by atoms with Crippen molar-refractivity contribution in [1.82, 2.24) is 0 Å². The second-order valence-corrected chi connectivity index (χ2v) is 4.97. The summed E-state index contributed by atoms with van der Waals surface area (Å²) in [4.78, 5) is 0. The van der Waals surface area contributed by atoms with Crippen LogP contribution in [0.1, 0.15) is 58.3 Å². The molecule has 2 saturated carbocycles. The minimum Gasteiger partial charge on any atom is -0.0622 e. The van der Waals surface area contributed by atoms with Crippen LogP contribution in [0.4, 0.5) is 0 Å². The Labute approximate surface area is 76.7 Å². The first-order chi connectivity index (χ1) is 5.88. The van der Waals surface area contributed by atoms with E-state index in [1.807, 2.05) is 0 Å². The van der Waals surface area contributed by atoms with Crippen LogP contribution in [0.25, 0.3) is 0 Å². The van der Waals surface area contributed by atoms with E-state index in [0.29, 0.717) is 0 Å². The van der Waals surface area contributed by atoms with Gasteiger partial charge in [-0.15, -0.1) is 0 Å². The fourth-order valence-corrected chi connectivity index (χ4v) is 3.44. The average Bonchev–Trinajstić information content (AvgIpc) is 2.53. The van der Waals surface area contributed by atoms with Crippen molar-refractivity contribution in [2.24, 2.45) is 17.8 Å². The molecule has 0 heterocycles. The molecule has 0 amide bonds. The molecular formula is C12H22. The van der Waals surface area contributed by atoms with Gasteiger partial charge in [-0.1, -0.05) is 51.9 Å². The molecule has 2 aliphatic rings. The Balaban J connectivity index is 1.89. The van der Waals surface area contributed by atoms with Gasteiger partial charge in [-0.25, -0.2) is 0 Å². The van der Waals surface area contributed by atoms with E-state index in [1.54, 1.807) is 19.3 Å². The van der Waals surface area contributed by atoms with Crippen LogP contribution in [-0.2, 0) is 0 Å². The Morgan fingerprint density at radius 3 is 2.08 bits per heavy atom. The van der Waals surface area contributed by atoms with Crippen LogP contribution in [0.2, 0.25) is 0 Å². The smallest absolute Gasteiger partial charge is 0.0360 e. The van der Waals surface area contributed by atoms with Crippen molar-refractivity contribution in [2.45, 2.75) is 58.3 Å². The molecule has 2 aliphatic carbocycles. The first-order valence-corrected chi connectivity index (χ1v) is 5.88. The normalized spacial score (nSPS) is 38.8. The van der Waals surface area contributed by atoms with Crippen molar-refractivity contribution in [2.75, 3.05) is 0 Å². The molecule has 2 fully saturated rings. The Kier molecular flexibility index (Phi) is 2.73. The molecule has 0 spiro atoms. The van der Waals surface area contributed by atoms with Gasteiger partial charge < -0.3 is 0 Å². The molecule has 0 aliphatic heterocycles. The molecule has 0 saturated heterocycles. The van der Waals surface area contributed by atoms with Crippen LogP contribution >= 0.6 is 0 Å². The average molecular weight is 166 g/mol. The van der Waals surface area contributed by atoms with Crippen molar-refractivity contribution in [3.05, 3.63) is 0 Å². The van der Waals surface area contributed by atoms with E-state index in [2.05, 4.69) is 6.92 Å². The molecule has 0 unspecified atom stereocenters. The van der Waals surface area contributed by atoms with E-state index in [1.165, 1.54) is 32.1 Å². The molecule has 0 aromatic carbocycles. The zero-order chi connectivity index (χ0) is 8.39. The van der Waals surface area contributed by atoms with Gasteiger partial charge >= 0.3 is 0 Å². The molecule has 0 nitrogen and oxygen atoms in total. The Bertz CT molecular complexity index is 133. The minimum absolute atomic E-state index is 1.05. The maximum absolute atomic E-state index is 2.48. The van der Waals surface area contributed by atoms with Crippen LogP contribution in [-0.4, -0.2) is 0 Å². The molecule has 12 heavy (non-hydrogen) atoms.